The van der Waals surface area contributed by atoms with Crippen LogP contribution in [0.15, 0.2) is 0 Å². The summed E-state index contributed by atoms with van der Waals surface area (Å²) >= 11 is 0. The Morgan fingerprint density at radius 3 is 2.16 bits per heavy atom. The Labute approximate surface area is 112 Å². The number of nitrogens with one attached hydrogen (secondary N) is 1. The second kappa shape index (κ2) is 6.96. The number of carbonyl (C=O) groups is 3. The number of esters is 1. The van der Waals surface area contributed by atoms with E-state index < -0.39 is 29.6 Å². The average Bonchev–Trinajstić information content (AvgIpc) is 2.20. The molecule has 7 nitrogen and oxygen atoms in total. The number of rotatable bonds is 5. The molecule has 0 radical (unpaired) electrons. The fraction of sp³-hybridized carbons (Fsp3) is 0.750. The largest absolute Gasteiger partial charge is 0.480 e. The molecule has 0 aliphatic rings. The molecule has 0 aromatic heterocycles. The number of hydrogen-bond acceptors (Lipinski definition) is 4. The van der Waals surface area contributed by atoms with Gasteiger partial charge in [-0.25, -0.2) is 9.59 Å². The van der Waals surface area contributed by atoms with Crippen molar-refractivity contribution < 1.29 is 24.2 Å². The monoisotopic (exact) mass is 274 g/mol. The highest BCUT2D eigenvalue weighted by Gasteiger charge is 2.23. The van der Waals surface area contributed by atoms with Crippen LogP contribution in [-0.2, 0) is 14.3 Å². The van der Waals surface area contributed by atoms with Crippen LogP contribution in [0.3, 0.4) is 0 Å². The molecule has 0 rings (SSSR count). The van der Waals surface area contributed by atoms with Gasteiger partial charge >= 0.3 is 18.0 Å². The Kier molecular flexibility index (Phi) is 6.31. The highest BCUT2D eigenvalue weighted by atomic mass is 16.6. The molecule has 2 N–H and O–H groups in total. The van der Waals surface area contributed by atoms with Crippen molar-refractivity contribution in [2.24, 2.45) is 0 Å². The molecule has 2 amide bonds. The quantitative estimate of drug-likeness (QED) is 0.724. The van der Waals surface area contributed by atoms with Crippen molar-refractivity contribution in [3.8, 4) is 0 Å². The number of carboxylic acids is 1. The molecular formula is C12H22N2O5. The van der Waals surface area contributed by atoms with E-state index in [-0.39, 0.29) is 12.8 Å². The highest BCUT2D eigenvalue weighted by molar-refractivity contribution is 5.82. The third kappa shape index (κ3) is 8.01. The molecule has 1 atom stereocenters. The lowest BCUT2D eigenvalue weighted by atomic mass is 10.1. The van der Waals surface area contributed by atoms with E-state index in [1.165, 1.54) is 19.0 Å². The van der Waals surface area contributed by atoms with Gasteiger partial charge in [-0.15, -0.1) is 0 Å². The van der Waals surface area contributed by atoms with Crippen molar-refractivity contribution in [2.75, 3.05) is 14.1 Å². The third-order valence-corrected chi connectivity index (χ3v) is 2.06. The number of amides is 2. The zero-order valence-corrected chi connectivity index (χ0v) is 12.0. The van der Waals surface area contributed by atoms with Crippen molar-refractivity contribution in [2.45, 2.75) is 45.3 Å². The van der Waals surface area contributed by atoms with Gasteiger partial charge in [-0.3, -0.25) is 4.79 Å². The molecule has 0 aliphatic heterocycles. The smallest absolute Gasteiger partial charge is 0.326 e. The average molecular weight is 274 g/mol. The fourth-order valence-corrected chi connectivity index (χ4v) is 1.19. The van der Waals surface area contributed by atoms with Crippen molar-refractivity contribution in [1.82, 2.24) is 10.2 Å². The van der Waals surface area contributed by atoms with Crippen molar-refractivity contribution >= 4 is 18.0 Å². The first-order chi connectivity index (χ1) is 8.53. The van der Waals surface area contributed by atoms with Crippen molar-refractivity contribution in [3.05, 3.63) is 0 Å². The molecule has 0 saturated heterocycles. The number of carbonyl (C=O) groups excluding carboxylic acids is 2. The van der Waals surface area contributed by atoms with E-state index in [2.05, 4.69) is 5.32 Å². The summed E-state index contributed by atoms with van der Waals surface area (Å²) in [6.45, 7) is 5.19. The van der Waals surface area contributed by atoms with E-state index >= 15 is 0 Å². The minimum absolute atomic E-state index is 0.0101. The second-order valence-corrected chi connectivity index (χ2v) is 5.36. The van der Waals surface area contributed by atoms with Crippen LogP contribution in [-0.4, -0.2) is 53.7 Å². The van der Waals surface area contributed by atoms with Crippen LogP contribution in [0.2, 0.25) is 0 Å². The summed E-state index contributed by atoms with van der Waals surface area (Å²) in [5.74, 6) is -1.67. The lowest BCUT2D eigenvalue weighted by molar-refractivity contribution is -0.155. The summed E-state index contributed by atoms with van der Waals surface area (Å²) < 4.78 is 5.07. The first-order valence-electron chi connectivity index (χ1n) is 5.95. The van der Waals surface area contributed by atoms with Crippen LogP contribution in [0.4, 0.5) is 4.79 Å². The van der Waals surface area contributed by atoms with Gasteiger partial charge in [-0.2, -0.15) is 0 Å². The summed E-state index contributed by atoms with van der Waals surface area (Å²) in [7, 11) is 3.00. The Morgan fingerprint density at radius 2 is 1.79 bits per heavy atom. The van der Waals surface area contributed by atoms with E-state index in [1.54, 1.807) is 20.8 Å². The Hall–Kier alpha value is -1.79. The number of hydrogen-bond donors (Lipinski definition) is 2. The standard InChI is InChI=1S/C12H22N2O5/c1-12(2,3)19-9(15)7-6-8(10(16)17)13-11(18)14(4)5/h8H,6-7H2,1-5H3,(H,13,18)(H,16,17)/t8-/m1/s1. The summed E-state index contributed by atoms with van der Waals surface area (Å²) in [6.07, 6.45) is -0.0776. The SMILES string of the molecule is CN(C)C(=O)N[C@H](CCC(=O)OC(C)(C)C)C(=O)O. The van der Waals surface area contributed by atoms with Crippen LogP contribution in [0, 0.1) is 0 Å². The molecular weight excluding hydrogens is 252 g/mol. The topological polar surface area (TPSA) is 95.9 Å². The molecule has 19 heavy (non-hydrogen) atoms. The zero-order valence-electron chi connectivity index (χ0n) is 12.0. The number of carboxylic acid groups (broad SMARTS) is 1. The normalized spacial score (nSPS) is 12.5. The van der Waals surface area contributed by atoms with Crippen LogP contribution in [0.5, 0.6) is 0 Å². The molecule has 0 heterocycles. The molecule has 0 spiro atoms. The molecule has 0 aromatic rings. The van der Waals surface area contributed by atoms with Crippen molar-refractivity contribution in [1.29, 1.82) is 0 Å². The van der Waals surface area contributed by atoms with Gasteiger partial charge in [0.1, 0.15) is 11.6 Å². The van der Waals surface area contributed by atoms with Gasteiger partial charge in [0.2, 0.25) is 0 Å². The first kappa shape index (κ1) is 17.2. The minimum atomic E-state index is -1.18. The third-order valence-electron chi connectivity index (χ3n) is 2.06. The van der Waals surface area contributed by atoms with E-state index in [0.29, 0.717) is 0 Å². The molecule has 0 bridgehead atoms. The van der Waals surface area contributed by atoms with Crippen LogP contribution in [0.1, 0.15) is 33.6 Å². The molecule has 0 unspecified atom stereocenters. The van der Waals surface area contributed by atoms with Gasteiger partial charge < -0.3 is 20.1 Å². The summed E-state index contributed by atoms with van der Waals surface area (Å²) in [5.41, 5.74) is -0.608. The molecule has 110 valence electrons. The number of nitrogens with zero attached hydrogens (tertiary/aromatic N) is 1. The van der Waals surface area contributed by atoms with Gasteiger partial charge in [-0.1, -0.05) is 0 Å². The number of aliphatic carboxylic acids is 1. The summed E-state index contributed by atoms with van der Waals surface area (Å²) in [5, 5.41) is 11.3. The second-order valence-electron chi connectivity index (χ2n) is 5.36. The zero-order chi connectivity index (χ0) is 15.2. The van der Waals surface area contributed by atoms with Gasteiger partial charge in [0.05, 0.1) is 0 Å². The van der Waals surface area contributed by atoms with E-state index in [1.807, 2.05) is 0 Å². The Balaban J connectivity index is 4.34. The van der Waals surface area contributed by atoms with Crippen molar-refractivity contribution in [3.63, 3.8) is 0 Å². The molecule has 0 fully saturated rings. The van der Waals surface area contributed by atoms with Crippen LogP contribution >= 0.6 is 0 Å². The lowest BCUT2D eigenvalue weighted by Crippen LogP contribution is -2.45. The van der Waals surface area contributed by atoms with Gasteiger partial charge in [0, 0.05) is 20.5 Å². The first-order valence-corrected chi connectivity index (χ1v) is 5.95. The van der Waals surface area contributed by atoms with E-state index in [9.17, 15) is 14.4 Å². The maximum Gasteiger partial charge on any atom is 0.326 e. The Bertz CT molecular complexity index is 347. The molecule has 0 aromatic carbocycles. The van der Waals surface area contributed by atoms with Gasteiger partial charge in [-0.05, 0) is 27.2 Å². The Morgan fingerprint density at radius 1 is 1.26 bits per heavy atom. The minimum Gasteiger partial charge on any atom is -0.480 e. The highest BCUT2D eigenvalue weighted by Crippen LogP contribution is 2.10. The maximum atomic E-state index is 11.5. The van der Waals surface area contributed by atoms with Crippen LogP contribution in [0.25, 0.3) is 0 Å². The van der Waals surface area contributed by atoms with Crippen LogP contribution < -0.4 is 5.32 Å². The number of ether oxygens (including phenoxy) is 1. The molecule has 0 saturated carbocycles. The van der Waals surface area contributed by atoms with Gasteiger partial charge in [0.15, 0.2) is 0 Å². The summed E-state index contributed by atoms with van der Waals surface area (Å²) in [4.78, 5) is 35.0. The van der Waals surface area contributed by atoms with E-state index in [0.717, 1.165) is 0 Å². The molecule has 7 heteroatoms. The maximum absolute atomic E-state index is 11.5. The molecule has 0 aliphatic carbocycles. The fourth-order valence-electron chi connectivity index (χ4n) is 1.19. The predicted molar refractivity (Wildman–Crippen MR) is 68.7 cm³/mol. The summed E-state index contributed by atoms with van der Waals surface area (Å²) in [6, 6.07) is -1.63. The lowest BCUT2D eigenvalue weighted by Gasteiger charge is -2.21. The van der Waals surface area contributed by atoms with E-state index in [4.69, 9.17) is 9.84 Å². The van der Waals surface area contributed by atoms with Gasteiger partial charge in [0.25, 0.3) is 0 Å². The predicted octanol–water partition coefficient (Wildman–Crippen LogP) is 0.833. The number of urea groups is 1.